The summed E-state index contributed by atoms with van der Waals surface area (Å²) in [5.74, 6) is 0. The number of rotatable bonds is 3. The lowest BCUT2D eigenvalue weighted by Crippen LogP contribution is -2.38. The second kappa shape index (κ2) is 3.94. The lowest BCUT2D eigenvalue weighted by atomic mass is 10.2. The van der Waals surface area contributed by atoms with E-state index in [1.54, 1.807) is 0 Å². The molecule has 0 aromatic carbocycles. The molecule has 2 heteroatoms. The summed E-state index contributed by atoms with van der Waals surface area (Å²) in [7, 11) is 2.21. The molecule has 1 atom stereocenters. The fraction of sp³-hybridized carbons (Fsp3) is 0.800. The molecule has 1 heterocycles. The Balaban J connectivity index is 2.40. The molecule has 0 N–H and O–H groups in total. The fourth-order valence-corrected chi connectivity index (χ4v) is 1.69. The molecule has 1 saturated heterocycles. The van der Waals surface area contributed by atoms with Crippen LogP contribution in [0, 0.1) is 0 Å². The van der Waals surface area contributed by atoms with Crippen LogP contribution < -0.4 is 0 Å². The van der Waals surface area contributed by atoms with E-state index >= 15 is 0 Å². The van der Waals surface area contributed by atoms with Crippen molar-refractivity contribution < 1.29 is 0 Å². The summed E-state index contributed by atoms with van der Waals surface area (Å²) in [6.45, 7) is 10.6. The standard InChI is InChI=1S/C10H20N2/c1-5-12-7-6-10(8-12)11(4)9(2)3/h5,9-10H,1,6-8H2,2-4H3. The van der Waals surface area contributed by atoms with Crippen molar-refractivity contribution in [1.29, 1.82) is 0 Å². The first-order chi connectivity index (χ1) is 5.65. The fourth-order valence-electron chi connectivity index (χ4n) is 1.69. The van der Waals surface area contributed by atoms with Crippen molar-refractivity contribution in [3.8, 4) is 0 Å². The molecule has 12 heavy (non-hydrogen) atoms. The number of likely N-dealkylation sites (N-methyl/N-ethyl adjacent to an activating group) is 1. The Morgan fingerprint density at radius 3 is 2.67 bits per heavy atom. The third-order valence-electron chi connectivity index (χ3n) is 2.84. The molecule has 0 spiro atoms. The van der Waals surface area contributed by atoms with Crippen molar-refractivity contribution in [2.45, 2.75) is 32.4 Å². The van der Waals surface area contributed by atoms with Gasteiger partial charge in [0.2, 0.25) is 0 Å². The molecule has 1 aliphatic rings. The maximum Gasteiger partial charge on any atom is 0.0329 e. The van der Waals surface area contributed by atoms with Crippen LogP contribution in [0.15, 0.2) is 12.8 Å². The Kier molecular flexibility index (Phi) is 3.15. The summed E-state index contributed by atoms with van der Waals surface area (Å²) in [5, 5.41) is 0. The predicted molar refractivity (Wildman–Crippen MR) is 53.1 cm³/mol. The zero-order valence-electron chi connectivity index (χ0n) is 8.45. The summed E-state index contributed by atoms with van der Waals surface area (Å²) >= 11 is 0. The molecule has 0 aromatic rings. The summed E-state index contributed by atoms with van der Waals surface area (Å²) in [6, 6.07) is 1.38. The molecule has 0 bridgehead atoms. The van der Waals surface area contributed by atoms with Gasteiger partial charge in [0, 0.05) is 25.2 Å². The minimum atomic E-state index is 0.653. The minimum absolute atomic E-state index is 0.653. The molecular weight excluding hydrogens is 148 g/mol. The van der Waals surface area contributed by atoms with E-state index in [1.807, 2.05) is 6.20 Å². The van der Waals surface area contributed by atoms with E-state index in [0.29, 0.717) is 6.04 Å². The van der Waals surface area contributed by atoms with E-state index in [1.165, 1.54) is 13.0 Å². The number of likely N-dealkylation sites (tertiary alicyclic amines) is 1. The average molecular weight is 168 g/mol. The summed E-state index contributed by atoms with van der Waals surface area (Å²) in [4.78, 5) is 4.74. The second-order valence-electron chi connectivity index (χ2n) is 3.88. The van der Waals surface area contributed by atoms with Crippen LogP contribution in [0.4, 0.5) is 0 Å². The predicted octanol–water partition coefficient (Wildman–Crippen LogP) is 1.54. The maximum absolute atomic E-state index is 3.79. The first kappa shape index (κ1) is 9.59. The first-order valence-electron chi connectivity index (χ1n) is 4.73. The van der Waals surface area contributed by atoms with Crippen molar-refractivity contribution in [2.24, 2.45) is 0 Å². The topological polar surface area (TPSA) is 6.48 Å². The zero-order valence-corrected chi connectivity index (χ0v) is 8.45. The third-order valence-corrected chi connectivity index (χ3v) is 2.84. The highest BCUT2D eigenvalue weighted by Crippen LogP contribution is 2.15. The van der Waals surface area contributed by atoms with Gasteiger partial charge in [-0.05, 0) is 33.5 Å². The molecule has 1 rings (SSSR count). The van der Waals surface area contributed by atoms with Crippen LogP contribution in [0.25, 0.3) is 0 Å². The lowest BCUT2D eigenvalue weighted by Gasteiger charge is -2.27. The van der Waals surface area contributed by atoms with Gasteiger partial charge in [-0.2, -0.15) is 0 Å². The molecule has 0 amide bonds. The van der Waals surface area contributed by atoms with Gasteiger partial charge < -0.3 is 4.90 Å². The van der Waals surface area contributed by atoms with E-state index in [4.69, 9.17) is 0 Å². The Labute approximate surface area is 75.8 Å². The lowest BCUT2D eigenvalue weighted by molar-refractivity contribution is 0.200. The van der Waals surface area contributed by atoms with E-state index < -0.39 is 0 Å². The first-order valence-corrected chi connectivity index (χ1v) is 4.73. The van der Waals surface area contributed by atoms with Crippen LogP contribution in [0.3, 0.4) is 0 Å². The van der Waals surface area contributed by atoms with Gasteiger partial charge in [0.1, 0.15) is 0 Å². The average Bonchev–Trinajstić information content (AvgIpc) is 2.50. The molecule has 0 saturated carbocycles. The van der Waals surface area contributed by atoms with Crippen molar-refractivity contribution in [3.63, 3.8) is 0 Å². The Morgan fingerprint density at radius 1 is 1.58 bits per heavy atom. The van der Waals surface area contributed by atoms with Gasteiger partial charge in [0.15, 0.2) is 0 Å². The number of hydrogen-bond donors (Lipinski definition) is 0. The SMILES string of the molecule is C=CN1CCC(N(C)C(C)C)C1. The van der Waals surface area contributed by atoms with Crippen LogP contribution in [0.2, 0.25) is 0 Å². The minimum Gasteiger partial charge on any atom is -0.376 e. The smallest absolute Gasteiger partial charge is 0.0329 e. The van der Waals surface area contributed by atoms with Crippen LogP contribution in [-0.4, -0.2) is 42.0 Å². The van der Waals surface area contributed by atoms with Crippen molar-refractivity contribution in [2.75, 3.05) is 20.1 Å². The van der Waals surface area contributed by atoms with Crippen LogP contribution in [-0.2, 0) is 0 Å². The van der Waals surface area contributed by atoms with Gasteiger partial charge >= 0.3 is 0 Å². The number of nitrogens with zero attached hydrogens (tertiary/aromatic N) is 2. The molecule has 0 aromatic heterocycles. The molecule has 0 aliphatic carbocycles. The molecule has 0 radical (unpaired) electrons. The van der Waals surface area contributed by atoms with Crippen molar-refractivity contribution >= 4 is 0 Å². The normalized spacial score (nSPS) is 24.1. The molecule has 1 unspecified atom stereocenters. The molecule has 1 aliphatic heterocycles. The van der Waals surface area contributed by atoms with Crippen molar-refractivity contribution in [1.82, 2.24) is 9.80 Å². The van der Waals surface area contributed by atoms with Crippen LogP contribution in [0.1, 0.15) is 20.3 Å². The summed E-state index contributed by atoms with van der Waals surface area (Å²) in [6.07, 6.45) is 3.23. The van der Waals surface area contributed by atoms with Crippen LogP contribution in [0.5, 0.6) is 0 Å². The van der Waals surface area contributed by atoms with Crippen LogP contribution >= 0.6 is 0 Å². The number of hydrogen-bond acceptors (Lipinski definition) is 2. The Hall–Kier alpha value is -0.500. The highest BCUT2D eigenvalue weighted by atomic mass is 15.2. The monoisotopic (exact) mass is 168 g/mol. The largest absolute Gasteiger partial charge is 0.376 e. The molecular formula is C10H20N2. The van der Waals surface area contributed by atoms with Gasteiger partial charge in [-0.3, -0.25) is 4.90 Å². The van der Waals surface area contributed by atoms with Gasteiger partial charge in [0.05, 0.1) is 0 Å². The maximum atomic E-state index is 3.79. The van der Waals surface area contributed by atoms with E-state index in [2.05, 4.69) is 37.3 Å². The van der Waals surface area contributed by atoms with Crippen molar-refractivity contribution in [3.05, 3.63) is 12.8 Å². The zero-order chi connectivity index (χ0) is 9.14. The Bertz CT molecular complexity index is 154. The third kappa shape index (κ3) is 2.01. The molecule has 1 fully saturated rings. The van der Waals surface area contributed by atoms with E-state index in [0.717, 1.165) is 12.6 Å². The highest BCUT2D eigenvalue weighted by molar-refractivity contribution is 4.87. The quantitative estimate of drug-likeness (QED) is 0.631. The molecule has 2 nitrogen and oxygen atoms in total. The van der Waals surface area contributed by atoms with E-state index in [-0.39, 0.29) is 0 Å². The van der Waals surface area contributed by atoms with Gasteiger partial charge in [-0.15, -0.1) is 0 Å². The van der Waals surface area contributed by atoms with Gasteiger partial charge in [-0.25, -0.2) is 0 Å². The summed E-state index contributed by atoms with van der Waals surface area (Å²) < 4.78 is 0. The Morgan fingerprint density at radius 2 is 2.25 bits per heavy atom. The second-order valence-corrected chi connectivity index (χ2v) is 3.88. The summed E-state index contributed by atoms with van der Waals surface area (Å²) in [5.41, 5.74) is 0. The van der Waals surface area contributed by atoms with E-state index in [9.17, 15) is 0 Å². The van der Waals surface area contributed by atoms with Gasteiger partial charge in [-0.1, -0.05) is 6.58 Å². The molecule has 70 valence electrons. The van der Waals surface area contributed by atoms with Gasteiger partial charge in [0.25, 0.3) is 0 Å². The highest BCUT2D eigenvalue weighted by Gasteiger charge is 2.24.